The minimum absolute atomic E-state index is 0.117. The fourth-order valence-electron chi connectivity index (χ4n) is 1.20. The first-order chi connectivity index (χ1) is 7.53. The van der Waals surface area contributed by atoms with Crippen LogP contribution in [0.25, 0.3) is 0 Å². The molecule has 0 radical (unpaired) electrons. The van der Waals surface area contributed by atoms with Gasteiger partial charge in [-0.3, -0.25) is 0 Å². The van der Waals surface area contributed by atoms with Crippen LogP contribution in [0.4, 0.5) is 0 Å². The summed E-state index contributed by atoms with van der Waals surface area (Å²) in [5, 5.41) is 8.67. The molecule has 0 heterocycles. The average Bonchev–Trinajstić information content (AvgIpc) is 2.23. The average molecular weight is 218 g/mol. The first kappa shape index (κ1) is 12.8. The van der Waals surface area contributed by atoms with Crippen LogP contribution < -0.4 is 0 Å². The van der Waals surface area contributed by atoms with Crippen molar-refractivity contribution in [2.45, 2.75) is 33.0 Å². The van der Waals surface area contributed by atoms with Gasteiger partial charge in [-0.05, 0) is 32.4 Å². The zero-order valence-electron chi connectivity index (χ0n) is 10.1. The molecule has 0 aliphatic carbocycles. The number of aliphatic hydroxyl groups is 1. The van der Waals surface area contributed by atoms with Crippen LogP contribution in [-0.4, -0.2) is 17.3 Å². The molecule has 0 aromatic heterocycles. The Balaban J connectivity index is 2.79. The lowest BCUT2D eigenvalue weighted by molar-refractivity contribution is -0.0150. The SMILES string of the molecule is CC(C)(C)OCc1ccccc1C#CCO. The van der Waals surface area contributed by atoms with Gasteiger partial charge >= 0.3 is 0 Å². The lowest BCUT2D eigenvalue weighted by Gasteiger charge is -2.20. The van der Waals surface area contributed by atoms with Crippen molar-refractivity contribution in [3.63, 3.8) is 0 Å². The van der Waals surface area contributed by atoms with E-state index in [1.165, 1.54) is 0 Å². The Hall–Kier alpha value is -1.30. The summed E-state index contributed by atoms with van der Waals surface area (Å²) in [6.07, 6.45) is 0. The van der Waals surface area contributed by atoms with Crippen molar-refractivity contribution < 1.29 is 9.84 Å². The summed E-state index contributed by atoms with van der Waals surface area (Å²) in [6, 6.07) is 7.82. The highest BCUT2D eigenvalue weighted by atomic mass is 16.5. The number of benzene rings is 1. The second-order valence-electron chi connectivity index (χ2n) is 4.52. The highest BCUT2D eigenvalue weighted by Gasteiger charge is 2.10. The molecule has 0 fully saturated rings. The van der Waals surface area contributed by atoms with Gasteiger partial charge in [0.15, 0.2) is 0 Å². The van der Waals surface area contributed by atoms with Crippen LogP contribution in [0.1, 0.15) is 31.9 Å². The summed E-state index contributed by atoms with van der Waals surface area (Å²) in [4.78, 5) is 0. The molecule has 0 unspecified atom stereocenters. The van der Waals surface area contributed by atoms with Crippen molar-refractivity contribution in [1.82, 2.24) is 0 Å². The third-order valence-electron chi connectivity index (χ3n) is 1.98. The molecule has 1 aromatic carbocycles. The van der Waals surface area contributed by atoms with E-state index in [0.29, 0.717) is 6.61 Å². The van der Waals surface area contributed by atoms with Gasteiger partial charge in [-0.2, -0.15) is 0 Å². The fourth-order valence-corrected chi connectivity index (χ4v) is 1.20. The summed E-state index contributed by atoms with van der Waals surface area (Å²) in [6.45, 7) is 6.49. The molecule has 0 amide bonds. The molecule has 2 nitrogen and oxygen atoms in total. The zero-order valence-corrected chi connectivity index (χ0v) is 10.1. The smallest absolute Gasteiger partial charge is 0.104 e. The van der Waals surface area contributed by atoms with E-state index in [2.05, 4.69) is 11.8 Å². The Kier molecular flexibility index (Phi) is 4.54. The molecule has 1 aromatic rings. The summed E-state index contributed by atoms with van der Waals surface area (Å²) < 4.78 is 5.71. The summed E-state index contributed by atoms with van der Waals surface area (Å²) >= 11 is 0. The molecule has 2 heteroatoms. The topological polar surface area (TPSA) is 29.5 Å². The molecule has 1 N–H and O–H groups in total. The predicted molar refractivity (Wildman–Crippen MR) is 64.9 cm³/mol. The van der Waals surface area contributed by atoms with Crippen molar-refractivity contribution in [2.75, 3.05) is 6.61 Å². The van der Waals surface area contributed by atoms with E-state index in [0.717, 1.165) is 11.1 Å². The second kappa shape index (κ2) is 5.69. The largest absolute Gasteiger partial charge is 0.384 e. The normalized spacial score (nSPS) is 10.8. The van der Waals surface area contributed by atoms with Crippen molar-refractivity contribution in [3.05, 3.63) is 35.4 Å². The highest BCUT2D eigenvalue weighted by Crippen LogP contribution is 2.14. The maximum atomic E-state index is 8.67. The standard InChI is InChI=1S/C14H18O2/c1-14(2,3)16-11-13-8-5-4-7-12(13)9-6-10-15/h4-5,7-8,15H,10-11H2,1-3H3. The number of rotatable bonds is 2. The van der Waals surface area contributed by atoms with E-state index >= 15 is 0 Å². The number of ether oxygens (including phenoxy) is 1. The minimum Gasteiger partial charge on any atom is -0.384 e. The highest BCUT2D eigenvalue weighted by molar-refractivity contribution is 5.40. The maximum absolute atomic E-state index is 8.67. The van der Waals surface area contributed by atoms with E-state index in [4.69, 9.17) is 9.84 Å². The van der Waals surface area contributed by atoms with E-state index in [9.17, 15) is 0 Å². The Morgan fingerprint density at radius 1 is 1.25 bits per heavy atom. The van der Waals surface area contributed by atoms with E-state index in [-0.39, 0.29) is 12.2 Å². The van der Waals surface area contributed by atoms with Gasteiger partial charge < -0.3 is 9.84 Å². The van der Waals surface area contributed by atoms with Crippen molar-refractivity contribution in [2.24, 2.45) is 0 Å². The summed E-state index contributed by atoms with van der Waals surface area (Å²) in [5.74, 6) is 5.57. The first-order valence-corrected chi connectivity index (χ1v) is 5.34. The molecule has 0 saturated heterocycles. The van der Waals surface area contributed by atoms with Crippen molar-refractivity contribution in [1.29, 1.82) is 0 Å². The van der Waals surface area contributed by atoms with Crippen molar-refractivity contribution in [3.8, 4) is 11.8 Å². The quantitative estimate of drug-likeness (QED) is 0.772. The minimum atomic E-state index is -0.155. The van der Waals surface area contributed by atoms with Crippen LogP contribution in [0, 0.1) is 11.8 Å². The first-order valence-electron chi connectivity index (χ1n) is 5.34. The molecule has 1 rings (SSSR count). The summed E-state index contributed by atoms with van der Waals surface area (Å²) in [5.41, 5.74) is 1.82. The van der Waals surface area contributed by atoms with Gasteiger partial charge in [-0.25, -0.2) is 0 Å². The Morgan fingerprint density at radius 2 is 1.94 bits per heavy atom. The Morgan fingerprint density at radius 3 is 2.56 bits per heavy atom. The van der Waals surface area contributed by atoms with Gasteiger partial charge in [0.2, 0.25) is 0 Å². The number of hydrogen-bond donors (Lipinski definition) is 1. The van der Waals surface area contributed by atoms with Crippen LogP contribution in [0.5, 0.6) is 0 Å². The molecular weight excluding hydrogens is 200 g/mol. The lowest BCUT2D eigenvalue weighted by atomic mass is 10.1. The van der Waals surface area contributed by atoms with Crippen LogP contribution in [0.15, 0.2) is 24.3 Å². The van der Waals surface area contributed by atoms with Crippen molar-refractivity contribution >= 4 is 0 Å². The molecule has 0 bridgehead atoms. The maximum Gasteiger partial charge on any atom is 0.104 e. The van der Waals surface area contributed by atoms with Crippen LogP contribution >= 0.6 is 0 Å². The molecule has 0 spiro atoms. The molecule has 86 valence electrons. The summed E-state index contributed by atoms with van der Waals surface area (Å²) in [7, 11) is 0. The Bertz CT molecular complexity index is 391. The number of aliphatic hydroxyl groups excluding tert-OH is 1. The van der Waals surface area contributed by atoms with Gasteiger partial charge in [0.1, 0.15) is 6.61 Å². The van der Waals surface area contributed by atoms with E-state index in [1.807, 2.05) is 45.0 Å². The lowest BCUT2D eigenvalue weighted by Crippen LogP contribution is -2.19. The fraction of sp³-hybridized carbons (Fsp3) is 0.429. The van der Waals surface area contributed by atoms with E-state index < -0.39 is 0 Å². The molecule has 0 aliphatic rings. The number of hydrogen-bond acceptors (Lipinski definition) is 2. The van der Waals surface area contributed by atoms with Gasteiger partial charge in [-0.15, -0.1) is 0 Å². The predicted octanol–water partition coefficient (Wildman–Crippen LogP) is 2.35. The van der Waals surface area contributed by atoms with E-state index in [1.54, 1.807) is 0 Å². The third-order valence-corrected chi connectivity index (χ3v) is 1.98. The van der Waals surface area contributed by atoms with Crippen LogP contribution in [0.2, 0.25) is 0 Å². The molecule has 16 heavy (non-hydrogen) atoms. The zero-order chi connectivity index (χ0) is 12.0. The molecule has 0 aliphatic heterocycles. The second-order valence-corrected chi connectivity index (χ2v) is 4.52. The van der Waals surface area contributed by atoms with Gasteiger partial charge in [-0.1, -0.05) is 30.0 Å². The van der Waals surface area contributed by atoms with Gasteiger partial charge in [0, 0.05) is 5.56 Å². The molecular formula is C14H18O2. The third kappa shape index (κ3) is 4.48. The van der Waals surface area contributed by atoms with Gasteiger partial charge in [0.25, 0.3) is 0 Å². The van der Waals surface area contributed by atoms with Crippen LogP contribution in [0.3, 0.4) is 0 Å². The van der Waals surface area contributed by atoms with Crippen LogP contribution in [-0.2, 0) is 11.3 Å². The monoisotopic (exact) mass is 218 g/mol. The Labute approximate surface area is 97.3 Å². The molecule has 0 atom stereocenters. The van der Waals surface area contributed by atoms with Gasteiger partial charge in [0.05, 0.1) is 12.2 Å². The molecule has 0 saturated carbocycles.